The Labute approximate surface area is 207 Å². The van der Waals surface area contributed by atoms with Crippen molar-refractivity contribution in [3.05, 3.63) is 76.8 Å². The normalized spacial score (nSPS) is 25.3. The molecular weight excluding hydrogens is 466 g/mol. The van der Waals surface area contributed by atoms with Crippen molar-refractivity contribution in [2.75, 3.05) is 17.3 Å². The van der Waals surface area contributed by atoms with Crippen molar-refractivity contribution >= 4 is 35.3 Å². The van der Waals surface area contributed by atoms with Crippen LogP contribution in [0.2, 0.25) is 5.02 Å². The summed E-state index contributed by atoms with van der Waals surface area (Å²) < 4.78 is 7.10. The lowest BCUT2D eigenvalue weighted by Gasteiger charge is -2.31. The predicted molar refractivity (Wildman–Crippen MR) is 131 cm³/mol. The average molecular weight is 490 g/mol. The number of halogens is 1. The van der Waals surface area contributed by atoms with Crippen molar-refractivity contribution in [1.82, 2.24) is 14.8 Å². The zero-order chi connectivity index (χ0) is 24.1. The predicted octanol–water partition coefficient (Wildman–Crippen LogP) is 4.54. The Morgan fingerprint density at radius 2 is 1.57 bits per heavy atom. The number of aromatic nitrogens is 3. The van der Waals surface area contributed by atoms with E-state index in [1.165, 1.54) is 4.90 Å². The maximum absolute atomic E-state index is 13.1. The van der Waals surface area contributed by atoms with E-state index in [0.717, 1.165) is 16.9 Å². The monoisotopic (exact) mass is 489 g/mol. The third-order valence-electron chi connectivity index (χ3n) is 7.16. The van der Waals surface area contributed by atoms with Crippen molar-refractivity contribution in [2.24, 2.45) is 11.8 Å². The highest BCUT2D eigenvalue weighted by molar-refractivity contribution is 6.30. The van der Waals surface area contributed by atoms with Gasteiger partial charge in [-0.25, -0.2) is 9.58 Å². The second kappa shape index (κ2) is 8.53. The highest BCUT2D eigenvalue weighted by Crippen LogP contribution is 2.41. The molecule has 1 N–H and O–H groups in total. The van der Waals surface area contributed by atoms with Crippen LogP contribution in [0.25, 0.3) is 0 Å². The van der Waals surface area contributed by atoms with Crippen molar-refractivity contribution in [3.63, 3.8) is 0 Å². The minimum absolute atomic E-state index is 0.0549. The molecule has 6 rings (SSSR count). The van der Waals surface area contributed by atoms with Crippen LogP contribution < -0.4 is 15.0 Å². The lowest BCUT2D eigenvalue weighted by atomic mass is 9.85. The summed E-state index contributed by atoms with van der Waals surface area (Å²) in [6.07, 6.45) is 5.79. The van der Waals surface area contributed by atoms with E-state index in [-0.39, 0.29) is 41.7 Å². The van der Waals surface area contributed by atoms with E-state index in [0.29, 0.717) is 30.2 Å². The number of rotatable bonds is 4. The molecule has 1 fully saturated rings. The Morgan fingerprint density at radius 1 is 0.943 bits per heavy atom. The molecule has 178 valence electrons. The van der Waals surface area contributed by atoms with Gasteiger partial charge in [-0.2, -0.15) is 4.98 Å². The molecule has 0 radical (unpaired) electrons. The fourth-order valence-corrected chi connectivity index (χ4v) is 5.40. The van der Waals surface area contributed by atoms with Crippen LogP contribution in [0.3, 0.4) is 0 Å². The highest BCUT2D eigenvalue weighted by atomic mass is 35.5. The number of hydrogen-bond donors (Lipinski definition) is 1. The first-order chi connectivity index (χ1) is 17.0. The third kappa shape index (κ3) is 3.69. The molecule has 0 unspecified atom stereocenters. The van der Waals surface area contributed by atoms with E-state index in [1.807, 2.05) is 60.7 Å². The molecule has 2 amide bonds. The highest BCUT2D eigenvalue weighted by Gasteiger charge is 2.50. The molecule has 2 aromatic carbocycles. The van der Waals surface area contributed by atoms with Gasteiger partial charge in [-0.3, -0.25) is 9.59 Å². The lowest BCUT2D eigenvalue weighted by Crippen LogP contribution is -2.32. The average Bonchev–Trinajstić information content (AvgIpc) is 3.42. The lowest BCUT2D eigenvalue weighted by molar-refractivity contribution is -0.122. The molecule has 1 aliphatic carbocycles. The molecular formula is C26H24ClN5O3. The number of ether oxygens (including phenoxy) is 1. The molecule has 9 heteroatoms. The van der Waals surface area contributed by atoms with Crippen LogP contribution in [-0.2, 0) is 9.59 Å². The molecule has 2 aliphatic heterocycles. The maximum atomic E-state index is 13.1. The Morgan fingerprint density at radius 3 is 2.20 bits per heavy atom. The van der Waals surface area contributed by atoms with Crippen molar-refractivity contribution < 1.29 is 14.3 Å². The van der Waals surface area contributed by atoms with Gasteiger partial charge in [-0.15, -0.1) is 5.10 Å². The summed E-state index contributed by atoms with van der Waals surface area (Å²) in [5.74, 6) is 0.305. The van der Waals surface area contributed by atoms with E-state index in [4.69, 9.17) is 16.3 Å². The van der Waals surface area contributed by atoms with E-state index in [9.17, 15) is 9.59 Å². The Kier molecular flexibility index (Phi) is 5.33. The van der Waals surface area contributed by atoms with Crippen LogP contribution >= 0.6 is 11.6 Å². The van der Waals surface area contributed by atoms with E-state index in [1.54, 1.807) is 11.8 Å². The van der Waals surface area contributed by atoms with Gasteiger partial charge < -0.3 is 10.1 Å². The van der Waals surface area contributed by atoms with E-state index < -0.39 is 0 Å². The van der Waals surface area contributed by atoms with Gasteiger partial charge >= 0.3 is 0 Å². The quantitative estimate of drug-likeness (QED) is 0.427. The van der Waals surface area contributed by atoms with Crippen LogP contribution in [-0.4, -0.2) is 33.7 Å². The number of hydrogen-bond acceptors (Lipinski definition) is 6. The summed E-state index contributed by atoms with van der Waals surface area (Å²) in [4.78, 5) is 32.1. The molecule has 8 nitrogen and oxygen atoms in total. The molecule has 0 bridgehead atoms. The maximum Gasteiger partial charge on any atom is 0.260 e. The number of carbonyl (C=O) groups excluding carboxylic acids is 2. The van der Waals surface area contributed by atoms with Crippen molar-refractivity contribution in [3.8, 4) is 5.75 Å². The number of imide groups is 1. The summed E-state index contributed by atoms with van der Waals surface area (Å²) in [6.45, 7) is 0. The van der Waals surface area contributed by atoms with Gasteiger partial charge in [0, 0.05) is 5.02 Å². The molecule has 35 heavy (non-hydrogen) atoms. The van der Waals surface area contributed by atoms with Gasteiger partial charge in [0.2, 0.25) is 17.8 Å². The zero-order valence-corrected chi connectivity index (χ0v) is 19.9. The number of methoxy groups -OCH3 is 1. The summed E-state index contributed by atoms with van der Waals surface area (Å²) in [5, 5.41) is 8.81. The summed E-state index contributed by atoms with van der Waals surface area (Å²) in [6, 6.07) is 15.3. The standard InChI is InChI=1S/C26H24ClN5O3/c1-35-18-12-8-16(9-13-18)22-14-21(15-6-10-17(27)11-7-15)28-25-29-26(30-32(22)25)31-23(33)19-4-2-3-5-20(19)24(31)34/h2-3,6-13,19-22H,4-5,14H2,1H3,(H,28,29,30)/t19-,20-,21-,22+/m1/s1. The van der Waals surface area contributed by atoms with Crippen LogP contribution in [0, 0.1) is 11.8 Å². The van der Waals surface area contributed by atoms with Gasteiger partial charge in [0.15, 0.2) is 0 Å². The van der Waals surface area contributed by atoms with Crippen LogP contribution in [0.5, 0.6) is 5.75 Å². The number of nitrogens with zero attached hydrogens (tertiary/aromatic N) is 4. The molecule has 3 heterocycles. The first-order valence-corrected chi connectivity index (χ1v) is 12.1. The number of nitrogens with one attached hydrogen (secondary N) is 1. The summed E-state index contributed by atoms with van der Waals surface area (Å²) >= 11 is 6.11. The Bertz CT molecular complexity index is 1290. The minimum atomic E-state index is -0.333. The summed E-state index contributed by atoms with van der Waals surface area (Å²) in [5.41, 5.74) is 2.09. The first kappa shape index (κ1) is 21.9. The van der Waals surface area contributed by atoms with Crippen LogP contribution in [0.4, 0.5) is 11.9 Å². The molecule has 3 aliphatic rings. The van der Waals surface area contributed by atoms with Crippen molar-refractivity contribution in [1.29, 1.82) is 0 Å². The second-order valence-electron chi connectivity index (χ2n) is 9.12. The number of anilines is 2. The number of benzene rings is 2. The van der Waals surface area contributed by atoms with Gasteiger partial charge in [-0.1, -0.05) is 48.0 Å². The molecule has 0 saturated carbocycles. The number of fused-ring (bicyclic) bond motifs is 2. The third-order valence-corrected chi connectivity index (χ3v) is 7.41. The number of amides is 2. The van der Waals surface area contributed by atoms with Gasteiger partial charge in [0.1, 0.15) is 5.75 Å². The van der Waals surface area contributed by atoms with Crippen molar-refractivity contribution in [2.45, 2.75) is 31.3 Å². The topological polar surface area (TPSA) is 89.3 Å². The molecule has 1 aromatic heterocycles. The molecule has 4 atom stereocenters. The SMILES string of the molecule is COc1ccc([C@@H]2C[C@H](c3ccc(Cl)cc3)Nc3nc(N4C(=O)[C@@H]5CC=CC[C@H]5C4=O)nn32)cc1. The second-order valence-corrected chi connectivity index (χ2v) is 9.56. The minimum Gasteiger partial charge on any atom is -0.497 e. The summed E-state index contributed by atoms with van der Waals surface area (Å²) in [7, 11) is 1.63. The van der Waals surface area contributed by atoms with Gasteiger partial charge in [-0.05, 0) is 54.7 Å². The van der Waals surface area contributed by atoms with Crippen LogP contribution in [0.1, 0.15) is 42.5 Å². The fourth-order valence-electron chi connectivity index (χ4n) is 5.28. The molecule has 3 aromatic rings. The Hall–Kier alpha value is -3.65. The van der Waals surface area contributed by atoms with E-state index >= 15 is 0 Å². The fraction of sp³-hybridized carbons (Fsp3) is 0.308. The van der Waals surface area contributed by atoms with Gasteiger partial charge in [0.05, 0.1) is 31.0 Å². The smallest absolute Gasteiger partial charge is 0.260 e. The zero-order valence-electron chi connectivity index (χ0n) is 19.1. The van der Waals surface area contributed by atoms with Crippen LogP contribution in [0.15, 0.2) is 60.7 Å². The Balaban J connectivity index is 1.39. The van der Waals surface area contributed by atoms with Gasteiger partial charge in [0.25, 0.3) is 5.95 Å². The number of allylic oxidation sites excluding steroid dienone is 2. The largest absolute Gasteiger partial charge is 0.497 e. The molecule has 0 spiro atoms. The number of carbonyl (C=O) groups is 2. The van der Waals surface area contributed by atoms with E-state index in [2.05, 4.69) is 15.4 Å². The first-order valence-electron chi connectivity index (χ1n) is 11.7. The molecule has 1 saturated heterocycles.